The van der Waals surface area contributed by atoms with Crippen LogP contribution in [-0.4, -0.2) is 57.5 Å². The van der Waals surface area contributed by atoms with E-state index >= 15 is 0 Å². The normalized spacial score (nSPS) is 20.6. The Hall–Kier alpha value is -1.32. The highest BCUT2D eigenvalue weighted by atomic mass is 31.2. The molecule has 1 fully saturated rings. The van der Waals surface area contributed by atoms with Crippen molar-refractivity contribution in [3.63, 3.8) is 0 Å². The van der Waals surface area contributed by atoms with Crippen molar-refractivity contribution in [3.05, 3.63) is 0 Å². The first-order valence-corrected chi connectivity index (χ1v) is 11.5. The lowest BCUT2D eigenvalue weighted by Crippen LogP contribution is -2.38. The second kappa shape index (κ2) is 13.1. The lowest BCUT2D eigenvalue weighted by molar-refractivity contribution is -0.156. The van der Waals surface area contributed by atoms with E-state index in [9.17, 15) is 24.1 Å². The molecule has 0 amide bonds. The van der Waals surface area contributed by atoms with Gasteiger partial charge in [0.25, 0.3) is 0 Å². The van der Waals surface area contributed by atoms with Crippen LogP contribution in [0.25, 0.3) is 0 Å². The standard InChI is InChI=1S/C18H31O10P/c1-2-3-4-5-6-7-8-9-10-11-14(20)26-12-13(19)16-15(21)17(18(22)27-16)28-29(23,24)25/h13,16-17,19H,2-12H2,1H3,(H2,23,24,25)/t13-,16+,17?/m0/s1. The number of esters is 2. The highest BCUT2D eigenvalue weighted by Gasteiger charge is 2.50. The molecule has 1 aliphatic heterocycles. The van der Waals surface area contributed by atoms with Crippen LogP contribution in [0, 0.1) is 0 Å². The van der Waals surface area contributed by atoms with E-state index in [1.54, 1.807) is 0 Å². The number of phosphoric acid groups is 1. The Morgan fingerprint density at radius 1 is 1.07 bits per heavy atom. The molecule has 1 unspecified atom stereocenters. The van der Waals surface area contributed by atoms with Crippen LogP contribution >= 0.6 is 7.82 Å². The van der Waals surface area contributed by atoms with E-state index in [1.165, 1.54) is 32.1 Å². The zero-order valence-electron chi connectivity index (χ0n) is 16.7. The second-order valence-corrected chi connectivity index (χ2v) is 8.26. The fraction of sp³-hybridized carbons (Fsp3) is 0.833. The summed E-state index contributed by atoms with van der Waals surface area (Å²) in [5.74, 6) is -3.00. The predicted octanol–water partition coefficient (Wildman–Crippen LogP) is 1.78. The van der Waals surface area contributed by atoms with Crippen molar-refractivity contribution in [1.29, 1.82) is 0 Å². The highest BCUT2D eigenvalue weighted by Crippen LogP contribution is 2.39. The second-order valence-electron chi connectivity index (χ2n) is 7.06. The van der Waals surface area contributed by atoms with E-state index < -0.39 is 50.5 Å². The van der Waals surface area contributed by atoms with E-state index in [2.05, 4.69) is 16.2 Å². The first-order chi connectivity index (χ1) is 13.7. The number of rotatable bonds is 15. The highest BCUT2D eigenvalue weighted by molar-refractivity contribution is 7.46. The van der Waals surface area contributed by atoms with Crippen molar-refractivity contribution in [1.82, 2.24) is 0 Å². The van der Waals surface area contributed by atoms with Gasteiger partial charge in [-0.1, -0.05) is 58.3 Å². The van der Waals surface area contributed by atoms with Crippen molar-refractivity contribution in [2.24, 2.45) is 0 Å². The van der Waals surface area contributed by atoms with Gasteiger partial charge in [0.2, 0.25) is 11.9 Å². The van der Waals surface area contributed by atoms with Crippen molar-refractivity contribution in [2.75, 3.05) is 6.61 Å². The maximum absolute atomic E-state index is 11.9. The van der Waals surface area contributed by atoms with Crippen LogP contribution in [-0.2, 0) is 32.9 Å². The molecule has 0 aliphatic carbocycles. The molecule has 0 aromatic heterocycles. The number of phosphoric ester groups is 1. The molecule has 0 aromatic rings. The lowest BCUT2D eigenvalue weighted by Gasteiger charge is -2.15. The van der Waals surface area contributed by atoms with E-state index in [0.717, 1.165) is 19.3 Å². The van der Waals surface area contributed by atoms with Gasteiger partial charge in [-0.25, -0.2) is 9.36 Å². The maximum Gasteiger partial charge on any atom is 0.470 e. The predicted molar refractivity (Wildman–Crippen MR) is 101 cm³/mol. The summed E-state index contributed by atoms with van der Waals surface area (Å²) in [5.41, 5.74) is 0. The van der Waals surface area contributed by atoms with Gasteiger partial charge in [-0.05, 0) is 6.42 Å². The Kier molecular flexibility index (Phi) is 11.6. The van der Waals surface area contributed by atoms with Crippen molar-refractivity contribution in [3.8, 4) is 0 Å². The molecule has 11 heteroatoms. The molecule has 168 valence electrons. The number of cyclic esters (lactones) is 1. The van der Waals surface area contributed by atoms with Gasteiger partial charge in [-0.3, -0.25) is 14.1 Å². The zero-order chi connectivity index (χ0) is 21.9. The summed E-state index contributed by atoms with van der Waals surface area (Å²) in [7, 11) is -5.09. The van der Waals surface area contributed by atoms with Crippen LogP contribution in [0.1, 0.15) is 71.1 Å². The summed E-state index contributed by atoms with van der Waals surface area (Å²) in [6.07, 6.45) is 4.58. The topological polar surface area (TPSA) is 157 Å². The number of aliphatic hydroxyl groups is 1. The Labute approximate surface area is 170 Å². The van der Waals surface area contributed by atoms with E-state index in [-0.39, 0.29) is 6.42 Å². The molecule has 1 saturated heterocycles. The van der Waals surface area contributed by atoms with Crippen molar-refractivity contribution < 1.29 is 47.8 Å². The Balaban J connectivity index is 2.20. The van der Waals surface area contributed by atoms with Crippen molar-refractivity contribution in [2.45, 2.75) is 89.4 Å². The first-order valence-electron chi connectivity index (χ1n) is 9.97. The van der Waals surface area contributed by atoms with Crippen LogP contribution in [0.15, 0.2) is 0 Å². The summed E-state index contributed by atoms with van der Waals surface area (Å²) >= 11 is 0. The Bertz CT molecular complexity index is 587. The fourth-order valence-electron chi connectivity index (χ4n) is 2.93. The molecule has 3 N–H and O–H groups in total. The van der Waals surface area contributed by atoms with E-state index in [0.29, 0.717) is 6.42 Å². The van der Waals surface area contributed by atoms with Crippen LogP contribution in [0.5, 0.6) is 0 Å². The summed E-state index contributed by atoms with van der Waals surface area (Å²) in [6, 6.07) is 0. The van der Waals surface area contributed by atoms with Gasteiger partial charge in [0, 0.05) is 6.42 Å². The number of hydrogen-bond acceptors (Lipinski definition) is 8. The number of ketones is 1. The van der Waals surface area contributed by atoms with Crippen LogP contribution < -0.4 is 0 Å². The Morgan fingerprint density at radius 2 is 1.62 bits per heavy atom. The third-order valence-electron chi connectivity index (χ3n) is 4.49. The number of carbonyl (C=O) groups excluding carboxylic acids is 3. The van der Waals surface area contributed by atoms with Gasteiger partial charge >= 0.3 is 19.8 Å². The first kappa shape index (κ1) is 25.7. The molecule has 0 aromatic carbocycles. The minimum atomic E-state index is -5.09. The van der Waals surface area contributed by atoms with Crippen LogP contribution in [0.2, 0.25) is 0 Å². The minimum absolute atomic E-state index is 0.172. The lowest BCUT2D eigenvalue weighted by atomic mass is 10.1. The monoisotopic (exact) mass is 438 g/mol. The van der Waals surface area contributed by atoms with E-state index in [4.69, 9.17) is 14.5 Å². The number of ether oxygens (including phenoxy) is 2. The molecular weight excluding hydrogens is 407 g/mol. The largest absolute Gasteiger partial charge is 0.470 e. The quantitative estimate of drug-likeness (QED) is 0.149. The molecule has 0 saturated carbocycles. The molecule has 0 spiro atoms. The Morgan fingerprint density at radius 3 is 2.17 bits per heavy atom. The number of carbonyl (C=O) groups is 3. The zero-order valence-corrected chi connectivity index (χ0v) is 17.6. The van der Waals surface area contributed by atoms with Gasteiger partial charge in [0.05, 0.1) is 0 Å². The SMILES string of the molecule is CCCCCCCCCCCC(=O)OC[C@H](O)[C@H]1OC(=O)C(OP(=O)(O)O)C1=O. The average molecular weight is 438 g/mol. The molecule has 0 radical (unpaired) electrons. The molecular formula is C18H31O10P. The number of aliphatic hydroxyl groups excluding tert-OH is 1. The average Bonchev–Trinajstić information content (AvgIpc) is 2.91. The third kappa shape index (κ3) is 10.3. The van der Waals surface area contributed by atoms with Gasteiger partial charge in [-0.2, -0.15) is 0 Å². The molecule has 29 heavy (non-hydrogen) atoms. The minimum Gasteiger partial charge on any atom is -0.463 e. The maximum atomic E-state index is 11.9. The molecule has 10 nitrogen and oxygen atoms in total. The van der Waals surface area contributed by atoms with Crippen LogP contribution in [0.3, 0.4) is 0 Å². The summed E-state index contributed by atoms with van der Waals surface area (Å²) in [5, 5.41) is 9.91. The van der Waals surface area contributed by atoms with Crippen molar-refractivity contribution >= 4 is 25.5 Å². The van der Waals surface area contributed by atoms with Gasteiger partial charge in [-0.15, -0.1) is 0 Å². The summed E-state index contributed by atoms with van der Waals surface area (Å²) < 4.78 is 24.3. The molecule has 1 aliphatic rings. The molecule has 3 atom stereocenters. The molecule has 0 bridgehead atoms. The third-order valence-corrected chi connectivity index (χ3v) is 4.97. The van der Waals surface area contributed by atoms with Gasteiger partial charge in [0.1, 0.15) is 12.7 Å². The molecule has 1 heterocycles. The molecule has 1 rings (SSSR count). The smallest absolute Gasteiger partial charge is 0.463 e. The summed E-state index contributed by atoms with van der Waals surface area (Å²) in [6.45, 7) is 1.59. The van der Waals surface area contributed by atoms with Gasteiger partial charge in [0.15, 0.2) is 6.10 Å². The number of hydrogen-bond donors (Lipinski definition) is 3. The summed E-state index contributed by atoms with van der Waals surface area (Å²) in [4.78, 5) is 52.5. The van der Waals surface area contributed by atoms with Gasteiger partial charge < -0.3 is 24.4 Å². The fourth-order valence-corrected chi connectivity index (χ4v) is 3.39. The van der Waals surface area contributed by atoms with Crippen LogP contribution in [0.4, 0.5) is 0 Å². The number of unbranched alkanes of at least 4 members (excludes halogenated alkanes) is 8. The number of Topliss-reactive ketones (excluding diaryl/α,β-unsaturated/α-hetero) is 1. The van der Waals surface area contributed by atoms with E-state index in [1.807, 2.05) is 0 Å².